The van der Waals surface area contributed by atoms with Crippen molar-refractivity contribution >= 4 is 51.7 Å². The number of rotatable bonds is 8. The van der Waals surface area contributed by atoms with Gasteiger partial charge in [0, 0.05) is 37.7 Å². The Balaban J connectivity index is 0.00000338. The van der Waals surface area contributed by atoms with Crippen molar-refractivity contribution in [2.24, 2.45) is 4.99 Å². The summed E-state index contributed by atoms with van der Waals surface area (Å²) in [6, 6.07) is 0. The van der Waals surface area contributed by atoms with E-state index in [1.807, 2.05) is 18.7 Å². The highest BCUT2D eigenvalue weighted by Gasteiger charge is 2.23. The van der Waals surface area contributed by atoms with Gasteiger partial charge < -0.3 is 10.6 Å². The van der Waals surface area contributed by atoms with Crippen molar-refractivity contribution in [3.8, 4) is 0 Å². The van der Waals surface area contributed by atoms with E-state index in [1.165, 1.54) is 31.3 Å². The van der Waals surface area contributed by atoms with E-state index in [4.69, 9.17) is 0 Å². The number of aliphatic imine (C=N–C) groups is 1. The molecular formula is C17H33IN4O2S2. The zero-order chi connectivity index (χ0) is 18.0. The van der Waals surface area contributed by atoms with Crippen LogP contribution in [-0.2, 0) is 10.0 Å². The molecule has 1 fully saturated rings. The fourth-order valence-electron chi connectivity index (χ4n) is 3.04. The maximum absolute atomic E-state index is 12.3. The molecule has 0 aromatic rings. The van der Waals surface area contributed by atoms with Crippen LogP contribution in [0.1, 0.15) is 39.0 Å². The number of thioether (sulfide) groups is 1. The van der Waals surface area contributed by atoms with Crippen LogP contribution in [0.4, 0.5) is 0 Å². The summed E-state index contributed by atoms with van der Waals surface area (Å²) in [4.78, 5) is 4.44. The molecule has 0 atom stereocenters. The Morgan fingerprint density at radius 2 is 2.04 bits per heavy atom. The number of nitrogens with zero attached hydrogens (tertiary/aromatic N) is 2. The lowest BCUT2D eigenvalue weighted by Crippen LogP contribution is -2.41. The van der Waals surface area contributed by atoms with Gasteiger partial charge in [0.15, 0.2) is 5.96 Å². The lowest BCUT2D eigenvalue weighted by molar-refractivity contribution is 0.444. The zero-order valence-corrected chi connectivity index (χ0v) is 19.7. The van der Waals surface area contributed by atoms with Crippen LogP contribution < -0.4 is 10.6 Å². The van der Waals surface area contributed by atoms with E-state index >= 15 is 0 Å². The van der Waals surface area contributed by atoms with Gasteiger partial charge in [0.25, 0.3) is 0 Å². The average molecular weight is 517 g/mol. The van der Waals surface area contributed by atoms with Crippen LogP contribution in [0.3, 0.4) is 0 Å². The third kappa shape index (κ3) is 8.79. The van der Waals surface area contributed by atoms with Crippen LogP contribution in [0, 0.1) is 0 Å². The van der Waals surface area contributed by atoms with E-state index in [0.29, 0.717) is 25.6 Å². The maximum Gasteiger partial charge on any atom is 0.215 e. The highest BCUT2D eigenvalue weighted by molar-refractivity contribution is 14.0. The lowest BCUT2D eigenvalue weighted by Gasteiger charge is -2.25. The van der Waals surface area contributed by atoms with Crippen molar-refractivity contribution in [3.63, 3.8) is 0 Å². The van der Waals surface area contributed by atoms with Gasteiger partial charge in [0.05, 0.1) is 12.3 Å². The van der Waals surface area contributed by atoms with Crippen molar-refractivity contribution < 1.29 is 8.42 Å². The SMILES string of the molecule is CCNC(=NCCS(=O)(=O)N1CCSCC1)NCCC1=CCCCC1.I. The van der Waals surface area contributed by atoms with E-state index in [9.17, 15) is 8.42 Å². The molecule has 26 heavy (non-hydrogen) atoms. The van der Waals surface area contributed by atoms with Gasteiger partial charge in [-0.15, -0.1) is 24.0 Å². The van der Waals surface area contributed by atoms with Gasteiger partial charge in [-0.25, -0.2) is 12.7 Å². The Bertz CT molecular complexity index is 561. The second-order valence-electron chi connectivity index (χ2n) is 6.37. The van der Waals surface area contributed by atoms with Crippen LogP contribution in [0.2, 0.25) is 0 Å². The third-order valence-corrected chi connectivity index (χ3v) is 7.24. The maximum atomic E-state index is 12.3. The molecular weight excluding hydrogens is 483 g/mol. The number of halogens is 1. The summed E-state index contributed by atoms with van der Waals surface area (Å²) < 4.78 is 26.3. The minimum Gasteiger partial charge on any atom is -0.357 e. The third-order valence-electron chi connectivity index (χ3n) is 4.45. The van der Waals surface area contributed by atoms with Crippen molar-refractivity contribution in [3.05, 3.63) is 11.6 Å². The zero-order valence-electron chi connectivity index (χ0n) is 15.7. The Kier molecular flexibility index (Phi) is 12.2. The Morgan fingerprint density at radius 1 is 1.27 bits per heavy atom. The molecule has 1 saturated heterocycles. The molecule has 0 aromatic carbocycles. The molecule has 6 nitrogen and oxygen atoms in total. The van der Waals surface area contributed by atoms with Crippen LogP contribution in [0.25, 0.3) is 0 Å². The molecule has 0 bridgehead atoms. The molecule has 1 heterocycles. The molecule has 0 amide bonds. The van der Waals surface area contributed by atoms with Gasteiger partial charge in [-0.05, 0) is 39.0 Å². The summed E-state index contributed by atoms with van der Waals surface area (Å²) >= 11 is 1.81. The molecule has 0 spiro atoms. The number of allylic oxidation sites excluding steroid dienone is 1. The molecule has 0 aromatic heterocycles. The number of sulfonamides is 1. The summed E-state index contributed by atoms with van der Waals surface area (Å²) in [5.41, 5.74) is 1.53. The molecule has 2 N–H and O–H groups in total. The predicted octanol–water partition coefficient (Wildman–Crippen LogP) is 2.43. The first kappa shape index (κ1) is 24.0. The second-order valence-corrected chi connectivity index (χ2v) is 9.69. The largest absolute Gasteiger partial charge is 0.357 e. The van der Waals surface area contributed by atoms with Crippen molar-refractivity contribution in [2.75, 3.05) is 50.0 Å². The van der Waals surface area contributed by atoms with Crippen molar-refractivity contribution in [1.82, 2.24) is 14.9 Å². The van der Waals surface area contributed by atoms with Crippen LogP contribution in [-0.4, -0.2) is 68.7 Å². The van der Waals surface area contributed by atoms with E-state index in [2.05, 4.69) is 21.7 Å². The highest BCUT2D eigenvalue weighted by atomic mass is 127. The first-order valence-electron chi connectivity index (χ1n) is 9.37. The fourth-order valence-corrected chi connectivity index (χ4v) is 5.49. The molecule has 2 aliphatic rings. The first-order valence-corrected chi connectivity index (χ1v) is 12.1. The molecule has 1 aliphatic carbocycles. The Morgan fingerprint density at radius 3 is 2.69 bits per heavy atom. The molecule has 9 heteroatoms. The Labute approximate surface area is 180 Å². The molecule has 2 rings (SSSR count). The summed E-state index contributed by atoms with van der Waals surface area (Å²) in [5.74, 6) is 2.58. The highest BCUT2D eigenvalue weighted by Crippen LogP contribution is 2.19. The average Bonchev–Trinajstić information content (AvgIpc) is 2.63. The molecule has 1 aliphatic heterocycles. The predicted molar refractivity (Wildman–Crippen MR) is 123 cm³/mol. The molecule has 0 saturated carbocycles. The van der Waals surface area contributed by atoms with Gasteiger partial charge in [-0.2, -0.15) is 11.8 Å². The summed E-state index contributed by atoms with van der Waals surface area (Å²) in [7, 11) is -3.18. The lowest BCUT2D eigenvalue weighted by atomic mass is 9.97. The molecule has 0 unspecified atom stereocenters. The Hall–Kier alpha value is -0.000000000000000111. The minimum absolute atomic E-state index is 0. The summed E-state index contributed by atoms with van der Waals surface area (Å²) in [5, 5.41) is 6.51. The van der Waals surface area contributed by atoms with E-state index < -0.39 is 10.0 Å². The van der Waals surface area contributed by atoms with Crippen LogP contribution in [0.15, 0.2) is 16.6 Å². The van der Waals surface area contributed by atoms with Gasteiger partial charge in [0.1, 0.15) is 0 Å². The van der Waals surface area contributed by atoms with Crippen LogP contribution >= 0.6 is 35.7 Å². The van der Waals surface area contributed by atoms with E-state index in [1.54, 1.807) is 4.31 Å². The van der Waals surface area contributed by atoms with E-state index in [0.717, 1.165) is 31.0 Å². The monoisotopic (exact) mass is 516 g/mol. The second kappa shape index (κ2) is 13.2. The summed E-state index contributed by atoms with van der Waals surface area (Å²) in [6.07, 6.45) is 8.42. The number of guanidine groups is 1. The fraction of sp³-hybridized carbons (Fsp3) is 0.824. The standard InChI is InChI=1S/C17H32N4O2S2.HI/c1-2-18-17(19-9-8-16-6-4-3-5-7-16)20-10-15-25(22,23)21-11-13-24-14-12-21;/h6H,2-5,7-15H2,1H3,(H2,18,19,20);1H. The first-order chi connectivity index (χ1) is 12.1. The van der Waals surface area contributed by atoms with Gasteiger partial charge >= 0.3 is 0 Å². The van der Waals surface area contributed by atoms with Crippen LogP contribution in [0.5, 0.6) is 0 Å². The summed E-state index contributed by atoms with van der Waals surface area (Å²) in [6.45, 7) is 5.18. The normalized spacial score (nSPS) is 19.4. The van der Waals surface area contributed by atoms with Gasteiger partial charge in [0.2, 0.25) is 10.0 Å². The van der Waals surface area contributed by atoms with E-state index in [-0.39, 0.29) is 29.7 Å². The number of hydrogen-bond acceptors (Lipinski definition) is 4. The smallest absolute Gasteiger partial charge is 0.215 e. The number of hydrogen-bond donors (Lipinski definition) is 2. The number of nitrogens with one attached hydrogen (secondary N) is 2. The molecule has 0 radical (unpaired) electrons. The quantitative estimate of drug-likeness (QED) is 0.225. The minimum atomic E-state index is -3.18. The van der Waals surface area contributed by atoms with Gasteiger partial charge in [-0.3, -0.25) is 4.99 Å². The topological polar surface area (TPSA) is 73.8 Å². The van der Waals surface area contributed by atoms with Gasteiger partial charge in [-0.1, -0.05) is 11.6 Å². The molecule has 152 valence electrons. The van der Waals surface area contributed by atoms with Crippen molar-refractivity contribution in [1.29, 1.82) is 0 Å². The van der Waals surface area contributed by atoms with Crippen molar-refractivity contribution in [2.45, 2.75) is 39.0 Å².